The van der Waals surface area contributed by atoms with Crippen molar-refractivity contribution in [3.8, 4) is 0 Å². The number of piperidine rings is 1. The SMILES string of the molecule is CCCC(NC(=O)[C@@H]1[C@@H]2C(CN1C(=O)[C@@H](NC(=O)OC(C)(C)C)C(C)(C)C)C2(C)C)C(=O)C(=O)NCC(F)(F)F. The number of ether oxygens (including phenoxy) is 1. The predicted octanol–water partition coefficient (Wildman–Crippen LogP) is 2.94. The Bertz CT molecular complexity index is 1020. The molecule has 1 aliphatic heterocycles. The van der Waals surface area contributed by atoms with Crippen LogP contribution in [0.5, 0.6) is 0 Å². The molecule has 2 unspecified atom stereocenters. The van der Waals surface area contributed by atoms with Gasteiger partial charge in [0.1, 0.15) is 24.2 Å². The number of nitrogens with zero attached hydrogens (tertiary/aromatic N) is 1. The summed E-state index contributed by atoms with van der Waals surface area (Å²) in [4.78, 5) is 66.2. The second kappa shape index (κ2) is 11.6. The van der Waals surface area contributed by atoms with E-state index in [4.69, 9.17) is 4.74 Å². The molecule has 0 aromatic heterocycles. The molecule has 228 valence electrons. The highest BCUT2D eigenvalue weighted by Crippen LogP contribution is 2.65. The highest BCUT2D eigenvalue weighted by atomic mass is 19.4. The Kier molecular flexibility index (Phi) is 9.63. The van der Waals surface area contributed by atoms with E-state index in [1.807, 2.05) is 13.8 Å². The molecule has 4 amide bonds. The summed E-state index contributed by atoms with van der Waals surface area (Å²) >= 11 is 0. The molecule has 2 fully saturated rings. The Morgan fingerprint density at radius 2 is 1.57 bits per heavy atom. The third-order valence-electron chi connectivity index (χ3n) is 7.42. The summed E-state index contributed by atoms with van der Waals surface area (Å²) in [6, 6.07) is -3.40. The largest absolute Gasteiger partial charge is 0.444 e. The van der Waals surface area contributed by atoms with Gasteiger partial charge in [-0.2, -0.15) is 13.2 Å². The molecule has 40 heavy (non-hydrogen) atoms. The molecule has 10 nitrogen and oxygen atoms in total. The first-order chi connectivity index (χ1) is 18.0. The fourth-order valence-corrected chi connectivity index (χ4v) is 5.29. The third-order valence-corrected chi connectivity index (χ3v) is 7.42. The average molecular weight is 577 g/mol. The number of ketones is 1. The van der Waals surface area contributed by atoms with Gasteiger partial charge in [0, 0.05) is 6.54 Å². The number of carbonyl (C=O) groups excluding carboxylic acids is 5. The molecule has 0 aromatic rings. The Balaban J connectivity index is 2.29. The van der Waals surface area contributed by atoms with Crippen molar-refractivity contribution in [2.75, 3.05) is 13.1 Å². The number of Topliss-reactive ketones (excluding diaryl/α,β-unsaturated/α-hetero) is 1. The Morgan fingerprint density at radius 3 is 2.05 bits per heavy atom. The molecule has 0 spiro atoms. The van der Waals surface area contributed by atoms with Crippen LogP contribution >= 0.6 is 0 Å². The van der Waals surface area contributed by atoms with Crippen molar-refractivity contribution in [2.45, 2.75) is 105 Å². The van der Waals surface area contributed by atoms with E-state index in [9.17, 15) is 37.1 Å². The zero-order valence-electron chi connectivity index (χ0n) is 24.7. The van der Waals surface area contributed by atoms with Gasteiger partial charge in [-0.15, -0.1) is 0 Å². The quantitative estimate of drug-likeness (QED) is 0.362. The smallest absolute Gasteiger partial charge is 0.408 e. The first-order valence-corrected chi connectivity index (χ1v) is 13.5. The maximum atomic E-state index is 13.9. The van der Waals surface area contributed by atoms with Crippen molar-refractivity contribution in [3.05, 3.63) is 0 Å². The lowest BCUT2D eigenvalue weighted by atomic mass is 9.85. The van der Waals surface area contributed by atoms with Crippen LogP contribution in [0.3, 0.4) is 0 Å². The summed E-state index contributed by atoms with van der Waals surface area (Å²) in [5.41, 5.74) is -1.83. The van der Waals surface area contributed by atoms with Gasteiger partial charge >= 0.3 is 12.3 Å². The van der Waals surface area contributed by atoms with Gasteiger partial charge in [-0.25, -0.2) is 4.79 Å². The minimum Gasteiger partial charge on any atom is -0.444 e. The summed E-state index contributed by atoms with van der Waals surface area (Å²) < 4.78 is 42.9. The van der Waals surface area contributed by atoms with Gasteiger partial charge in [-0.05, 0) is 49.9 Å². The normalized spacial score (nSPS) is 23.4. The molecule has 1 saturated heterocycles. The van der Waals surface area contributed by atoms with Crippen molar-refractivity contribution >= 4 is 29.6 Å². The minimum absolute atomic E-state index is 0.00949. The van der Waals surface area contributed by atoms with Crippen LogP contribution in [0.1, 0.15) is 75.2 Å². The van der Waals surface area contributed by atoms with Gasteiger partial charge < -0.3 is 25.6 Å². The standard InChI is InChI=1S/C27H43F3N4O6/c1-10-11-15(18(35)21(37)31-13-27(28,29)30)32-20(36)17-16-14(26(16,8)9)12-34(17)22(38)19(24(2,3)4)33-23(39)40-25(5,6)7/h14-17,19H,10-13H2,1-9H3,(H,31,37)(H,32,36)(H,33,39)/t14?,15?,16-,17-,19+/m0/s1. The average Bonchev–Trinajstić information content (AvgIpc) is 3.12. The molecule has 1 aliphatic carbocycles. The number of amides is 4. The number of likely N-dealkylation sites (tertiary alicyclic amines) is 1. The Morgan fingerprint density at radius 1 is 1.00 bits per heavy atom. The first-order valence-electron chi connectivity index (χ1n) is 13.5. The van der Waals surface area contributed by atoms with Gasteiger partial charge in [0.05, 0.1) is 6.04 Å². The van der Waals surface area contributed by atoms with E-state index < -0.39 is 71.5 Å². The number of carbonyl (C=O) groups is 5. The lowest BCUT2D eigenvalue weighted by Crippen LogP contribution is -2.60. The summed E-state index contributed by atoms with van der Waals surface area (Å²) in [7, 11) is 0. The number of fused-ring (bicyclic) bond motifs is 1. The van der Waals surface area contributed by atoms with E-state index in [1.165, 1.54) is 4.90 Å². The topological polar surface area (TPSA) is 134 Å². The van der Waals surface area contributed by atoms with Crippen LogP contribution in [0.4, 0.5) is 18.0 Å². The van der Waals surface area contributed by atoms with Crippen molar-refractivity contribution in [2.24, 2.45) is 22.7 Å². The number of alkyl halides is 3. The van der Waals surface area contributed by atoms with E-state index in [1.54, 1.807) is 53.8 Å². The van der Waals surface area contributed by atoms with E-state index in [0.717, 1.165) is 0 Å². The van der Waals surface area contributed by atoms with Crippen LogP contribution < -0.4 is 16.0 Å². The monoisotopic (exact) mass is 576 g/mol. The molecule has 1 saturated carbocycles. The van der Waals surface area contributed by atoms with E-state index in [-0.39, 0.29) is 30.2 Å². The number of hydrogen-bond donors (Lipinski definition) is 3. The van der Waals surface area contributed by atoms with Crippen molar-refractivity contribution in [3.63, 3.8) is 0 Å². The third kappa shape index (κ3) is 8.09. The Labute approximate surface area is 233 Å². The zero-order chi connectivity index (χ0) is 31.0. The highest BCUT2D eigenvalue weighted by molar-refractivity contribution is 6.38. The summed E-state index contributed by atoms with van der Waals surface area (Å²) in [6.07, 6.45) is -5.11. The minimum atomic E-state index is -4.70. The van der Waals surface area contributed by atoms with Crippen molar-refractivity contribution < 1.29 is 41.9 Å². The van der Waals surface area contributed by atoms with E-state index in [2.05, 4.69) is 10.6 Å². The summed E-state index contributed by atoms with van der Waals surface area (Å²) in [5.74, 6) is -4.06. The van der Waals surface area contributed by atoms with Crippen LogP contribution in [0.2, 0.25) is 0 Å². The van der Waals surface area contributed by atoms with Crippen LogP contribution in [0, 0.1) is 22.7 Å². The lowest BCUT2D eigenvalue weighted by molar-refractivity contribution is -0.148. The number of alkyl carbamates (subject to hydrolysis) is 1. The predicted molar refractivity (Wildman–Crippen MR) is 140 cm³/mol. The molecule has 0 bridgehead atoms. The van der Waals surface area contributed by atoms with Crippen molar-refractivity contribution in [1.29, 1.82) is 0 Å². The fraction of sp³-hybridized carbons (Fsp3) is 0.815. The maximum absolute atomic E-state index is 13.9. The molecule has 2 aliphatic rings. The summed E-state index contributed by atoms with van der Waals surface area (Å²) in [5, 5.41) is 6.71. The van der Waals surface area contributed by atoms with Gasteiger partial charge in [0.2, 0.25) is 17.6 Å². The fourth-order valence-electron chi connectivity index (χ4n) is 5.29. The van der Waals surface area contributed by atoms with E-state index in [0.29, 0.717) is 6.42 Å². The van der Waals surface area contributed by atoms with Gasteiger partial charge in [0.15, 0.2) is 0 Å². The first kappa shape index (κ1) is 33.3. The van der Waals surface area contributed by atoms with Gasteiger partial charge in [-0.1, -0.05) is 48.0 Å². The maximum Gasteiger partial charge on any atom is 0.408 e. The number of nitrogens with one attached hydrogen (secondary N) is 3. The summed E-state index contributed by atoms with van der Waals surface area (Å²) in [6.45, 7) is 14.5. The van der Waals surface area contributed by atoms with Crippen LogP contribution in [-0.2, 0) is 23.9 Å². The van der Waals surface area contributed by atoms with Crippen LogP contribution in [0.25, 0.3) is 0 Å². The lowest BCUT2D eigenvalue weighted by Gasteiger charge is -2.38. The molecule has 1 heterocycles. The molecule has 3 N–H and O–H groups in total. The number of rotatable bonds is 9. The molecule has 2 rings (SSSR count). The molecule has 0 radical (unpaired) electrons. The highest BCUT2D eigenvalue weighted by Gasteiger charge is 2.70. The second-order valence-electron chi connectivity index (χ2n) is 13.3. The second-order valence-corrected chi connectivity index (χ2v) is 13.3. The van der Waals surface area contributed by atoms with Crippen molar-refractivity contribution in [1.82, 2.24) is 20.9 Å². The van der Waals surface area contributed by atoms with Gasteiger partial charge in [-0.3, -0.25) is 19.2 Å². The molecule has 0 aromatic carbocycles. The van der Waals surface area contributed by atoms with E-state index >= 15 is 0 Å². The van der Waals surface area contributed by atoms with Crippen LogP contribution in [0.15, 0.2) is 0 Å². The molecular weight excluding hydrogens is 533 g/mol. The Hall–Kier alpha value is -2.86. The zero-order valence-corrected chi connectivity index (χ0v) is 24.7. The number of halogens is 3. The molecule has 5 atom stereocenters. The molecule has 13 heteroatoms. The van der Waals surface area contributed by atoms with Gasteiger partial charge in [0.25, 0.3) is 5.91 Å². The number of hydrogen-bond acceptors (Lipinski definition) is 6. The molecular formula is C27H43F3N4O6. The van der Waals surface area contributed by atoms with Crippen LogP contribution in [-0.4, -0.2) is 77.5 Å².